The lowest BCUT2D eigenvalue weighted by atomic mass is 9.83. The molecule has 1 aromatic rings. The summed E-state index contributed by atoms with van der Waals surface area (Å²) >= 11 is 0. The van der Waals surface area contributed by atoms with Crippen molar-refractivity contribution in [3.05, 3.63) is 34.9 Å². The normalized spacial score (nSPS) is 11.4. The minimum absolute atomic E-state index is 0.111. The van der Waals surface area contributed by atoms with E-state index < -0.39 is 0 Å². The molecule has 1 rings (SSSR count). The van der Waals surface area contributed by atoms with Gasteiger partial charge in [-0.25, -0.2) is 0 Å². The summed E-state index contributed by atoms with van der Waals surface area (Å²) in [6.07, 6.45) is 0.987. The smallest absolute Gasteiger partial charge is 0.253 e. The van der Waals surface area contributed by atoms with Crippen LogP contribution in [-0.4, -0.2) is 24.4 Å². The summed E-state index contributed by atoms with van der Waals surface area (Å²) in [6.45, 7) is 11.5. The van der Waals surface area contributed by atoms with Gasteiger partial charge in [-0.1, -0.05) is 33.8 Å². The molecule has 0 N–H and O–H groups in total. The predicted octanol–water partition coefficient (Wildman–Crippen LogP) is 3.77. The first-order chi connectivity index (χ1) is 8.27. The van der Waals surface area contributed by atoms with Gasteiger partial charge in [-0.2, -0.15) is 0 Å². The molecule has 0 fully saturated rings. The van der Waals surface area contributed by atoms with E-state index in [1.165, 1.54) is 11.1 Å². The average Bonchev–Trinajstić information content (AvgIpc) is 2.26. The number of carbonyl (C=O) groups excluding carboxylic acids is 1. The third-order valence-electron chi connectivity index (χ3n) is 3.19. The molecular formula is C16H25NO. The van der Waals surface area contributed by atoms with Crippen LogP contribution in [0.2, 0.25) is 0 Å². The molecule has 2 nitrogen and oxygen atoms in total. The van der Waals surface area contributed by atoms with Crippen molar-refractivity contribution in [3.63, 3.8) is 0 Å². The number of nitrogens with zero attached hydrogens (tertiary/aromatic N) is 1. The zero-order chi connectivity index (χ0) is 13.9. The molecular weight excluding hydrogens is 222 g/mol. The number of hydrogen-bond acceptors (Lipinski definition) is 1. The van der Waals surface area contributed by atoms with Gasteiger partial charge in [0.15, 0.2) is 0 Å². The van der Waals surface area contributed by atoms with Crippen molar-refractivity contribution < 1.29 is 4.79 Å². The highest BCUT2D eigenvalue weighted by molar-refractivity contribution is 5.94. The molecule has 0 aliphatic rings. The minimum atomic E-state index is 0.111. The van der Waals surface area contributed by atoms with E-state index in [0.717, 1.165) is 18.5 Å². The fourth-order valence-electron chi connectivity index (χ4n) is 2.30. The Bertz CT molecular complexity index is 429. The van der Waals surface area contributed by atoms with Gasteiger partial charge in [-0.15, -0.1) is 0 Å². The second-order valence-electron chi connectivity index (χ2n) is 6.01. The molecule has 1 amide bonds. The highest BCUT2D eigenvalue weighted by Crippen LogP contribution is 2.26. The summed E-state index contributed by atoms with van der Waals surface area (Å²) < 4.78 is 0. The van der Waals surface area contributed by atoms with Crippen LogP contribution < -0.4 is 0 Å². The maximum absolute atomic E-state index is 12.2. The van der Waals surface area contributed by atoms with Crippen molar-refractivity contribution in [1.82, 2.24) is 4.90 Å². The number of carbonyl (C=O) groups is 1. The number of rotatable bonds is 3. The van der Waals surface area contributed by atoms with Crippen LogP contribution in [0.4, 0.5) is 0 Å². The van der Waals surface area contributed by atoms with E-state index in [9.17, 15) is 4.79 Å². The van der Waals surface area contributed by atoms with Crippen LogP contribution in [0.1, 0.15) is 55.6 Å². The molecule has 18 heavy (non-hydrogen) atoms. The van der Waals surface area contributed by atoms with Crippen LogP contribution in [0.15, 0.2) is 18.2 Å². The molecule has 100 valence electrons. The van der Waals surface area contributed by atoms with Gasteiger partial charge in [0.2, 0.25) is 0 Å². The molecule has 0 aromatic heterocycles. The summed E-state index contributed by atoms with van der Waals surface area (Å²) in [6, 6.07) is 6.04. The third kappa shape index (κ3) is 3.34. The Morgan fingerprint density at radius 1 is 1.28 bits per heavy atom. The van der Waals surface area contributed by atoms with Gasteiger partial charge in [0, 0.05) is 19.2 Å². The molecule has 0 aliphatic heterocycles. The Labute approximate surface area is 111 Å². The molecule has 0 bridgehead atoms. The van der Waals surface area contributed by atoms with Crippen molar-refractivity contribution in [2.24, 2.45) is 0 Å². The number of aryl methyl sites for hydroxylation is 1. The van der Waals surface area contributed by atoms with Gasteiger partial charge < -0.3 is 4.90 Å². The summed E-state index contributed by atoms with van der Waals surface area (Å²) in [5.74, 6) is 0.111. The van der Waals surface area contributed by atoms with Gasteiger partial charge in [0.25, 0.3) is 5.91 Å². The topological polar surface area (TPSA) is 20.3 Å². The SMILES string of the molecule is CCCN(C)C(=O)c1ccc(C(C)(C)C)c(C)c1. The highest BCUT2D eigenvalue weighted by Gasteiger charge is 2.18. The molecule has 2 heteroatoms. The highest BCUT2D eigenvalue weighted by atomic mass is 16.2. The predicted molar refractivity (Wildman–Crippen MR) is 77.1 cm³/mol. The maximum atomic E-state index is 12.2. The van der Waals surface area contributed by atoms with Crippen LogP contribution in [0.5, 0.6) is 0 Å². The Morgan fingerprint density at radius 3 is 2.33 bits per heavy atom. The zero-order valence-electron chi connectivity index (χ0n) is 12.5. The van der Waals surface area contributed by atoms with Crippen LogP contribution in [-0.2, 0) is 5.41 Å². The lowest BCUT2D eigenvalue weighted by molar-refractivity contribution is 0.0795. The fraction of sp³-hybridized carbons (Fsp3) is 0.562. The van der Waals surface area contributed by atoms with E-state index in [4.69, 9.17) is 0 Å². The largest absolute Gasteiger partial charge is 0.342 e. The van der Waals surface area contributed by atoms with Gasteiger partial charge >= 0.3 is 0 Å². The van der Waals surface area contributed by atoms with Gasteiger partial charge in [0.05, 0.1) is 0 Å². The first kappa shape index (κ1) is 14.7. The van der Waals surface area contributed by atoms with Crippen molar-refractivity contribution in [1.29, 1.82) is 0 Å². The molecule has 0 saturated carbocycles. The number of hydrogen-bond donors (Lipinski definition) is 0. The zero-order valence-corrected chi connectivity index (χ0v) is 12.5. The molecule has 0 unspecified atom stereocenters. The molecule has 0 heterocycles. The van der Waals surface area contributed by atoms with Crippen LogP contribution in [0.25, 0.3) is 0 Å². The van der Waals surface area contributed by atoms with Crippen molar-refractivity contribution in [2.75, 3.05) is 13.6 Å². The first-order valence-corrected chi connectivity index (χ1v) is 6.64. The second-order valence-corrected chi connectivity index (χ2v) is 6.01. The lowest BCUT2D eigenvalue weighted by Gasteiger charge is -2.23. The van der Waals surface area contributed by atoms with E-state index in [1.807, 2.05) is 19.2 Å². The van der Waals surface area contributed by atoms with E-state index >= 15 is 0 Å². The van der Waals surface area contributed by atoms with E-state index in [2.05, 4.69) is 40.7 Å². The minimum Gasteiger partial charge on any atom is -0.342 e. The molecule has 0 saturated heterocycles. The van der Waals surface area contributed by atoms with Crippen LogP contribution in [0.3, 0.4) is 0 Å². The maximum Gasteiger partial charge on any atom is 0.253 e. The van der Waals surface area contributed by atoms with Gasteiger partial charge in [-0.3, -0.25) is 4.79 Å². The molecule has 0 spiro atoms. The second kappa shape index (κ2) is 5.55. The molecule has 0 aliphatic carbocycles. The molecule has 0 atom stereocenters. The number of amides is 1. The Kier molecular flexibility index (Phi) is 4.55. The summed E-state index contributed by atoms with van der Waals surface area (Å²) in [5.41, 5.74) is 3.41. The number of benzene rings is 1. The quantitative estimate of drug-likeness (QED) is 0.796. The summed E-state index contributed by atoms with van der Waals surface area (Å²) in [5, 5.41) is 0. The Morgan fingerprint density at radius 2 is 1.89 bits per heavy atom. The standard InChI is InChI=1S/C16H25NO/c1-7-10-17(6)15(18)13-8-9-14(12(2)11-13)16(3,4)5/h8-9,11H,7,10H2,1-6H3. The first-order valence-electron chi connectivity index (χ1n) is 6.64. The summed E-state index contributed by atoms with van der Waals surface area (Å²) in [7, 11) is 1.86. The van der Waals surface area contributed by atoms with Crippen LogP contribution in [0, 0.1) is 6.92 Å². The van der Waals surface area contributed by atoms with Crippen molar-refractivity contribution in [3.8, 4) is 0 Å². The molecule has 1 aromatic carbocycles. The van der Waals surface area contributed by atoms with Gasteiger partial charge in [0.1, 0.15) is 0 Å². The lowest BCUT2D eigenvalue weighted by Crippen LogP contribution is -2.27. The third-order valence-corrected chi connectivity index (χ3v) is 3.19. The monoisotopic (exact) mass is 247 g/mol. The van der Waals surface area contributed by atoms with Crippen molar-refractivity contribution in [2.45, 2.75) is 46.5 Å². The van der Waals surface area contributed by atoms with E-state index in [0.29, 0.717) is 0 Å². The van der Waals surface area contributed by atoms with Gasteiger partial charge in [-0.05, 0) is 42.0 Å². The summed E-state index contributed by atoms with van der Waals surface area (Å²) in [4.78, 5) is 14.0. The fourth-order valence-corrected chi connectivity index (χ4v) is 2.30. The van der Waals surface area contributed by atoms with E-state index in [-0.39, 0.29) is 11.3 Å². The van der Waals surface area contributed by atoms with Crippen LogP contribution >= 0.6 is 0 Å². The Balaban J connectivity index is 3.01. The van der Waals surface area contributed by atoms with E-state index in [1.54, 1.807) is 4.90 Å². The van der Waals surface area contributed by atoms with Crippen molar-refractivity contribution >= 4 is 5.91 Å². The average molecular weight is 247 g/mol. The molecule has 0 radical (unpaired) electrons. The Hall–Kier alpha value is -1.31.